The van der Waals surface area contributed by atoms with Crippen molar-refractivity contribution < 1.29 is 28.5 Å². The minimum Gasteiger partial charge on any atom is -0.493 e. The summed E-state index contributed by atoms with van der Waals surface area (Å²) in [6, 6.07) is 15.1. The van der Waals surface area contributed by atoms with Crippen molar-refractivity contribution in [2.45, 2.75) is 19.8 Å². The van der Waals surface area contributed by atoms with Crippen molar-refractivity contribution >= 4 is 18.0 Å². The van der Waals surface area contributed by atoms with E-state index >= 15 is 0 Å². The fourth-order valence-electron chi connectivity index (χ4n) is 3.14. The molecule has 178 valence electrons. The minimum absolute atomic E-state index is 0.316. The van der Waals surface area contributed by atoms with Gasteiger partial charge in [0.2, 0.25) is 0 Å². The molecular formula is C26H28N2O6. The summed E-state index contributed by atoms with van der Waals surface area (Å²) in [6.07, 6.45) is 6.35. The Morgan fingerprint density at radius 1 is 1.00 bits per heavy atom. The highest BCUT2D eigenvalue weighted by Crippen LogP contribution is 2.33. The first-order valence-corrected chi connectivity index (χ1v) is 10.9. The maximum atomic E-state index is 12.2. The molecule has 8 heteroatoms. The van der Waals surface area contributed by atoms with E-state index in [1.54, 1.807) is 31.0 Å². The number of ether oxygens (including phenoxy) is 4. The number of benzene rings is 2. The van der Waals surface area contributed by atoms with E-state index < -0.39 is 18.5 Å². The van der Waals surface area contributed by atoms with E-state index in [4.69, 9.17) is 24.0 Å². The number of esters is 2. The predicted octanol–water partition coefficient (Wildman–Crippen LogP) is 4.46. The molecule has 3 aromatic rings. The molecule has 0 amide bonds. The molecule has 1 aromatic heterocycles. The normalized spacial score (nSPS) is 10.8. The van der Waals surface area contributed by atoms with Crippen LogP contribution in [0.5, 0.6) is 11.5 Å². The van der Waals surface area contributed by atoms with Gasteiger partial charge in [-0.05, 0) is 42.8 Å². The Labute approximate surface area is 198 Å². The highest BCUT2D eigenvalue weighted by Gasteiger charge is 2.14. The summed E-state index contributed by atoms with van der Waals surface area (Å²) < 4.78 is 22.5. The molecule has 0 aliphatic carbocycles. The van der Waals surface area contributed by atoms with Gasteiger partial charge in [0.25, 0.3) is 0 Å². The van der Waals surface area contributed by atoms with Gasteiger partial charge in [0.1, 0.15) is 5.69 Å². The van der Waals surface area contributed by atoms with E-state index in [-0.39, 0.29) is 0 Å². The Hall–Kier alpha value is -4.07. The van der Waals surface area contributed by atoms with Crippen LogP contribution in [0.15, 0.2) is 60.8 Å². The number of para-hydroxylation sites is 1. The maximum absolute atomic E-state index is 12.2. The lowest BCUT2D eigenvalue weighted by molar-refractivity contribution is -0.156. The van der Waals surface area contributed by atoms with Gasteiger partial charge in [-0.2, -0.15) is 5.10 Å². The molecular weight excluding hydrogens is 436 g/mol. The lowest BCUT2D eigenvalue weighted by atomic mass is 10.1. The number of nitrogens with zero attached hydrogens (tertiary/aromatic N) is 2. The second kappa shape index (κ2) is 12.2. The Balaban J connectivity index is 1.84. The number of aromatic nitrogens is 2. The van der Waals surface area contributed by atoms with E-state index in [1.807, 2.05) is 55.6 Å². The van der Waals surface area contributed by atoms with E-state index in [1.165, 1.54) is 6.08 Å². The number of rotatable bonds is 11. The molecule has 3 rings (SSSR count). The van der Waals surface area contributed by atoms with Crippen molar-refractivity contribution in [2.24, 2.45) is 0 Å². The van der Waals surface area contributed by atoms with Crippen molar-refractivity contribution in [1.29, 1.82) is 0 Å². The molecule has 2 aromatic carbocycles. The zero-order valence-corrected chi connectivity index (χ0v) is 19.5. The molecule has 0 radical (unpaired) electrons. The molecule has 0 atom stereocenters. The third-order valence-corrected chi connectivity index (χ3v) is 4.91. The molecule has 8 nitrogen and oxygen atoms in total. The standard InChI is InChI=1S/C26H28N2O6/c1-4-5-15-33-25(30)18-34-24(29)14-12-20-17-28(21-9-7-6-8-10-21)27-26(20)19-11-13-22(31-2)23(16-19)32-3/h6-14,16-17H,4-5,15,18H2,1-3H3/b14-12+. The van der Waals surface area contributed by atoms with Gasteiger partial charge in [-0.25, -0.2) is 14.3 Å². The van der Waals surface area contributed by atoms with Gasteiger partial charge in [-0.15, -0.1) is 0 Å². The molecule has 0 fully saturated rings. The van der Waals surface area contributed by atoms with Crippen LogP contribution in [0.3, 0.4) is 0 Å². The molecule has 0 N–H and O–H groups in total. The molecule has 0 aliphatic heterocycles. The van der Waals surface area contributed by atoms with Gasteiger partial charge in [0, 0.05) is 23.4 Å². The number of hydrogen-bond acceptors (Lipinski definition) is 7. The van der Waals surface area contributed by atoms with Crippen molar-refractivity contribution in [3.05, 3.63) is 66.4 Å². The summed E-state index contributed by atoms with van der Waals surface area (Å²) in [7, 11) is 3.13. The largest absolute Gasteiger partial charge is 0.493 e. The summed E-state index contributed by atoms with van der Waals surface area (Å²) in [5.41, 5.74) is 2.95. The fraction of sp³-hybridized carbons (Fsp3) is 0.269. The first kappa shape index (κ1) is 24.6. The van der Waals surface area contributed by atoms with Crippen LogP contribution in [0.1, 0.15) is 25.3 Å². The molecule has 34 heavy (non-hydrogen) atoms. The second-order valence-electron chi connectivity index (χ2n) is 7.30. The van der Waals surface area contributed by atoms with Gasteiger partial charge in [-0.3, -0.25) is 0 Å². The van der Waals surface area contributed by atoms with Crippen LogP contribution in [0, 0.1) is 0 Å². The highest BCUT2D eigenvalue weighted by molar-refractivity contribution is 5.90. The monoisotopic (exact) mass is 464 g/mol. The SMILES string of the molecule is CCCCOC(=O)COC(=O)/C=C/c1cn(-c2ccccc2)nc1-c1ccc(OC)c(OC)c1. The molecule has 0 saturated heterocycles. The number of unbranched alkanes of at least 4 members (excludes halogenated alkanes) is 1. The molecule has 0 aliphatic rings. The van der Waals surface area contributed by atoms with Gasteiger partial charge in [-0.1, -0.05) is 31.5 Å². The average molecular weight is 465 g/mol. The second-order valence-corrected chi connectivity index (χ2v) is 7.30. The zero-order valence-electron chi connectivity index (χ0n) is 19.5. The third-order valence-electron chi connectivity index (χ3n) is 4.91. The van der Waals surface area contributed by atoms with Crippen molar-refractivity contribution in [2.75, 3.05) is 27.4 Å². The first-order valence-electron chi connectivity index (χ1n) is 10.9. The summed E-state index contributed by atoms with van der Waals surface area (Å²) in [5, 5.41) is 4.72. The Morgan fingerprint density at radius 2 is 1.76 bits per heavy atom. The van der Waals surface area contributed by atoms with E-state index in [2.05, 4.69) is 0 Å². The number of methoxy groups -OCH3 is 2. The number of hydrogen-bond donors (Lipinski definition) is 0. The average Bonchev–Trinajstić information content (AvgIpc) is 3.30. The van der Waals surface area contributed by atoms with Crippen LogP contribution in [0.2, 0.25) is 0 Å². The zero-order chi connectivity index (χ0) is 24.3. The Morgan fingerprint density at radius 3 is 2.47 bits per heavy atom. The predicted molar refractivity (Wildman–Crippen MR) is 128 cm³/mol. The Kier molecular flexibility index (Phi) is 8.85. The van der Waals surface area contributed by atoms with E-state index in [0.717, 1.165) is 24.1 Å². The lowest BCUT2D eigenvalue weighted by Gasteiger charge is -2.09. The Bertz CT molecular complexity index is 1140. The van der Waals surface area contributed by atoms with Gasteiger partial charge in [0.05, 0.1) is 26.5 Å². The van der Waals surface area contributed by atoms with Crippen LogP contribution >= 0.6 is 0 Å². The van der Waals surface area contributed by atoms with E-state index in [9.17, 15) is 9.59 Å². The van der Waals surface area contributed by atoms with Crippen molar-refractivity contribution in [3.63, 3.8) is 0 Å². The molecule has 0 spiro atoms. The maximum Gasteiger partial charge on any atom is 0.344 e. The quantitative estimate of drug-likeness (QED) is 0.235. The van der Waals surface area contributed by atoms with Gasteiger partial charge < -0.3 is 18.9 Å². The van der Waals surface area contributed by atoms with Crippen molar-refractivity contribution in [1.82, 2.24) is 9.78 Å². The van der Waals surface area contributed by atoms with Crippen LogP contribution in [0.25, 0.3) is 23.0 Å². The molecule has 0 unspecified atom stereocenters. The van der Waals surface area contributed by atoms with Gasteiger partial charge in [0.15, 0.2) is 18.1 Å². The van der Waals surface area contributed by atoms with Crippen molar-refractivity contribution in [3.8, 4) is 28.4 Å². The molecule has 0 bridgehead atoms. The summed E-state index contributed by atoms with van der Waals surface area (Å²) in [4.78, 5) is 23.8. The highest BCUT2D eigenvalue weighted by atomic mass is 16.6. The van der Waals surface area contributed by atoms with Crippen LogP contribution < -0.4 is 9.47 Å². The number of carbonyl (C=O) groups is 2. The number of carbonyl (C=O) groups excluding carboxylic acids is 2. The minimum atomic E-state index is -0.654. The topological polar surface area (TPSA) is 88.9 Å². The van der Waals surface area contributed by atoms with Crippen LogP contribution in [-0.4, -0.2) is 49.2 Å². The van der Waals surface area contributed by atoms with Crippen LogP contribution in [0.4, 0.5) is 0 Å². The molecule has 0 saturated carbocycles. The van der Waals surface area contributed by atoms with E-state index in [0.29, 0.717) is 29.4 Å². The first-order chi connectivity index (χ1) is 16.5. The smallest absolute Gasteiger partial charge is 0.344 e. The third kappa shape index (κ3) is 6.48. The summed E-state index contributed by atoms with van der Waals surface area (Å²) >= 11 is 0. The molecule has 1 heterocycles. The summed E-state index contributed by atoms with van der Waals surface area (Å²) in [5.74, 6) is -0.0679. The van der Waals surface area contributed by atoms with Gasteiger partial charge >= 0.3 is 11.9 Å². The fourth-order valence-corrected chi connectivity index (χ4v) is 3.14. The lowest BCUT2D eigenvalue weighted by Crippen LogP contribution is -2.15. The summed E-state index contributed by atoms with van der Waals surface area (Å²) in [6.45, 7) is 1.88. The van der Waals surface area contributed by atoms with Crippen LogP contribution in [-0.2, 0) is 19.1 Å².